The second-order valence-electron chi connectivity index (χ2n) is 9.41. The quantitative estimate of drug-likeness (QED) is 0.169. The Bertz CT molecular complexity index is 1260. The van der Waals surface area contributed by atoms with Crippen LogP contribution in [0.25, 0.3) is 11.1 Å². The highest BCUT2D eigenvalue weighted by molar-refractivity contribution is 5.96. The SMILES string of the molecule is CC[C@H](C)[C@@H](COc1ccc(-c2ccc(C(F)(F)F)cc2)c(F)c1)Nc1ccc(C(=O)CCCC(=O)O)cc1. The molecule has 0 aliphatic carbocycles. The second-order valence-corrected chi connectivity index (χ2v) is 9.41. The number of hydrogen-bond acceptors (Lipinski definition) is 4. The van der Waals surface area contributed by atoms with E-state index in [9.17, 15) is 27.2 Å². The molecule has 0 aliphatic rings. The number of aliphatic carboxylic acids is 1. The Balaban J connectivity index is 1.63. The molecule has 0 heterocycles. The minimum Gasteiger partial charge on any atom is -0.491 e. The molecule has 0 spiro atoms. The molecule has 0 amide bonds. The van der Waals surface area contributed by atoms with Gasteiger partial charge in [-0.15, -0.1) is 0 Å². The van der Waals surface area contributed by atoms with Gasteiger partial charge < -0.3 is 15.2 Å². The molecule has 3 aromatic rings. The summed E-state index contributed by atoms with van der Waals surface area (Å²) in [5.41, 5.74) is 0.980. The van der Waals surface area contributed by atoms with Crippen LogP contribution in [0.3, 0.4) is 0 Å². The van der Waals surface area contributed by atoms with Gasteiger partial charge in [0.2, 0.25) is 0 Å². The van der Waals surface area contributed by atoms with Crippen LogP contribution in [0, 0.1) is 11.7 Å². The van der Waals surface area contributed by atoms with Crippen molar-refractivity contribution in [2.45, 2.75) is 51.7 Å². The highest BCUT2D eigenvalue weighted by Crippen LogP contribution is 2.32. The number of ether oxygens (including phenoxy) is 1. The Kier molecular flexibility index (Phi) is 10.1. The summed E-state index contributed by atoms with van der Waals surface area (Å²) in [6.45, 7) is 4.32. The summed E-state index contributed by atoms with van der Waals surface area (Å²) in [6.07, 6.45) is -3.21. The van der Waals surface area contributed by atoms with Crippen LogP contribution in [-0.4, -0.2) is 29.5 Å². The monoisotopic (exact) mass is 545 g/mol. The fourth-order valence-corrected chi connectivity index (χ4v) is 3.99. The van der Waals surface area contributed by atoms with E-state index in [1.807, 2.05) is 6.92 Å². The van der Waals surface area contributed by atoms with Gasteiger partial charge in [-0.1, -0.05) is 32.4 Å². The third-order valence-electron chi connectivity index (χ3n) is 6.58. The molecule has 0 aliphatic heterocycles. The molecule has 208 valence electrons. The van der Waals surface area contributed by atoms with Crippen molar-refractivity contribution in [3.8, 4) is 16.9 Å². The lowest BCUT2D eigenvalue weighted by Gasteiger charge is -2.26. The number of rotatable bonds is 13. The molecule has 0 saturated carbocycles. The molecule has 39 heavy (non-hydrogen) atoms. The maximum Gasteiger partial charge on any atom is 0.416 e. The summed E-state index contributed by atoms with van der Waals surface area (Å²) in [6, 6.07) is 15.4. The first-order valence-corrected chi connectivity index (χ1v) is 12.7. The molecule has 0 saturated heterocycles. The fraction of sp³-hybridized carbons (Fsp3) is 0.333. The summed E-state index contributed by atoms with van der Waals surface area (Å²) in [5, 5.41) is 12.1. The van der Waals surface area contributed by atoms with E-state index in [1.165, 1.54) is 24.3 Å². The number of anilines is 1. The fourth-order valence-electron chi connectivity index (χ4n) is 3.99. The van der Waals surface area contributed by atoms with Gasteiger partial charge in [-0.3, -0.25) is 9.59 Å². The average molecular weight is 546 g/mol. The van der Waals surface area contributed by atoms with Crippen molar-refractivity contribution >= 4 is 17.4 Å². The number of benzene rings is 3. The molecule has 3 rings (SSSR count). The summed E-state index contributed by atoms with van der Waals surface area (Å²) < 4.78 is 59.1. The topological polar surface area (TPSA) is 75.6 Å². The van der Waals surface area contributed by atoms with Crippen LogP contribution >= 0.6 is 0 Å². The lowest BCUT2D eigenvalue weighted by atomic mass is 9.99. The lowest BCUT2D eigenvalue weighted by molar-refractivity contribution is -0.138. The minimum atomic E-state index is -4.46. The first kappa shape index (κ1) is 29.7. The Morgan fingerprint density at radius 1 is 0.974 bits per heavy atom. The zero-order valence-electron chi connectivity index (χ0n) is 21.7. The van der Waals surface area contributed by atoms with Gasteiger partial charge in [0.05, 0.1) is 11.6 Å². The number of carboxylic acids is 1. The number of carboxylic acid groups (broad SMARTS) is 1. The van der Waals surface area contributed by atoms with Crippen molar-refractivity contribution in [3.05, 3.63) is 83.7 Å². The highest BCUT2D eigenvalue weighted by Gasteiger charge is 2.30. The Hall–Kier alpha value is -3.88. The molecule has 5 nitrogen and oxygen atoms in total. The van der Waals surface area contributed by atoms with E-state index < -0.39 is 23.5 Å². The van der Waals surface area contributed by atoms with Gasteiger partial charge >= 0.3 is 12.1 Å². The highest BCUT2D eigenvalue weighted by atomic mass is 19.4. The van der Waals surface area contributed by atoms with Crippen molar-refractivity contribution in [3.63, 3.8) is 0 Å². The minimum absolute atomic E-state index is 0.0519. The molecule has 0 fully saturated rings. The number of Topliss-reactive ketones (excluding diaryl/α,β-unsaturated/α-hetero) is 1. The maximum absolute atomic E-state index is 14.8. The number of ketones is 1. The molecular weight excluding hydrogens is 514 g/mol. The molecule has 3 aromatic carbocycles. The number of alkyl halides is 3. The molecule has 0 bridgehead atoms. The van der Waals surface area contributed by atoms with Crippen LogP contribution < -0.4 is 10.1 Å². The third kappa shape index (κ3) is 8.56. The van der Waals surface area contributed by atoms with E-state index in [0.717, 1.165) is 24.2 Å². The van der Waals surface area contributed by atoms with Crippen molar-refractivity contribution in [1.29, 1.82) is 0 Å². The second kappa shape index (κ2) is 13.3. The molecule has 2 N–H and O–H groups in total. The van der Waals surface area contributed by atoms with E-state index >= 15 is 0 Å². The van der Waals surface area contributed by atoms with Crippen LogP contribution in [0.15, 0.2) is 66.7 Å². The largest absolute Gasteiger partial charge is 0.491 e. The average Bonchev–Trinajstić information content (AvgIpc) is 2.90. The summed E-state index contributed by atoms with van der Waals surface area (Å²) >= 11 is 0. The molecule has 0 aromatic heterocycles. The van der Waals surface area contributed by atoms with Crippen LogP contribution in [-0.2, 0) is 11.0 Å². The summed E-state index contributed by atoms with van der Waals surface area (Å²) in [5.74, 6) is -1.17. The predicted octanol–water partition coefficient (Wildman–Crippen LogP) is 7.85. The van der Waals surface area contributed by atoms with Crippen LogP contribution in [0.5, 0.6) is 5.75 Å². The third-order valence-corrected chi connectivity index (χ3v) is 6.58. The normalized spacial score (nSPS) is 13.0. The van der Waals surface area contributed by atoms with E-state index in [4.69, 9.17) is 9.84 Å². The van der Waals surface area contributed by atoms with Gasteiger partial charge in [-0.05, 0) is 66.4 Å². The van der Waals surface area contributed by atoms with E-state index in [2.05, 4.69) is 12.2 Å². The summed E-state index contributed by atoms with van der Waals surface area (Å²) in [4.78, 5) is 22.9. The van der Waals surface area contributed by atoms with Crippen LogP contribution in [0.1, 0.15) is 55.5 Å². The molecule has 0 radical (unpaired) electrons. The van der Waals surface area contributed by atoms with Gasteiger partial charge in [0, 0.05) is 35.7 Å². The number of halogens is 4. The summed E-state index contributed by atoms with van der Waals surface area (Å²) in [7, 11) is 0. The molecule has 9 heteroatoms. The van der Waals surface area contributed by atoms with Crippen LogP contribution in [0.4, 0.5) is 23.2 Å². The van der Waals surface area contributed by atoms with E-state index in [1.54, 1.807) is 30.3 Å². The zero-order valence-corrected chi connectivity index (χ0v) is 21.7. The zero-order chi connectivity index (χ0) is 28.6. The Labute approximate surface area is 224 Å². The molecule has 2 atom stereocenters. The van der Waals surface area contributed by atoms with Gasteiger partial charge in [0.15, 0.2) is 5.78 Å². The van der Waals surface area contributed by atoms with E-state index in [0.29, 0.717) is 16.9 Å². The van der Waals surface area contributed by atoms with Gasteiger partial charge in [-0.25, -0.2) is 4.39 Å². The number of carbonyl (C=O) groups is 2. The lowest BCUT2D eigenvalue weighted by Crippen LogP contribution is -2.33. The standard InChI is InChI=1S/C30H31F4NO4/c1-3-19(2)27(35-23-13-9-21(10-14-23)28(36)5-4-6-29(37)38)18-39-24-15-16-25(26(31)17-24)20-7-11-22(12-8-20)30(32,33)34/h7-17,19,27,35H,3-6,18H2,1-2H3,(H,37,38)/t19-,27+/m0/s1. The number of carbonyl (C=O) groups excluding carboxylic acids is 1. The van der Waals surface area contributed by atoms with E-state index in [-0.39, 0.29) is 49.2 Å². The van der Waals surface area contributed by atoms with Gasteiger partial charge in [0.25, 0.3) is 0 Å². The van der Waals surface area contributed by atoms with Gasteiger partial charge in [-0.2, -0.15) is 13.2 Å². The Morgan fingerprint density at radius 3 is 2.21 bits per heavy atom. The molecular formula is C30H31F4NO4. The van der Waals surface area contributed by atoms with Crippen molar-refractivity contribution in [2.24, 2.45) is 5.92 Å². The van der Waals surface area contributed by atoms with Crippen molar-refractivity contribution in [2.75, 3.05) is 11.9 Å². The first-order valence-electron chi connectivity index (χ1n) is 12.7. The number of nitrogens with one attached hydrogen (secondary N) is 1. The molecule has 0 unspecified atom stereocenters. The van der Waals surface area contributed by atoms with Crippen LogP contribution in [0.2, 0.25) is 0 Å². The van der Waals surface area contributed by atoms with Crippen molar-refractivity contribution < 1.29 is 37.0 Å². The number of hydrogen-bond donors (Lipinski definition) is 2. The predicted molar refractivity (Wildman–Crippen MR) is 141 cm³/mol. The van der Waals surface area contributed by atoms with Gasteiger partial charge in [0.1, 0.15) is 18.2 Å². The van der Waals surface area contributed by atoms with Crippen molar-refractivity contribution in [1.82, 2.24) is 0 Å². The maximum atomic E-state index is 14.8. The Morgan fingerprint density at radius 2 is 1.64 bits per heavy atom. The smallest absolute Gasteiger partial charge is 0.416 e. The first-order chi connectivity index (χ1) is 18.5.